The van der Waals surface area contributed by atoms with Crippen molar-refractivity contribution in [2.75, 3.05) is 26.2 Å². The van der Waals surface area contributed by atoms with Gasteiger partial charge in [0.1, 0.15) is 0 Å². The fraction of sp³-hybridized carbons (Fsp3) is 0.438. The first kappa shape index (κ1) is 21.1. The van der Waals surface area contributed by atoms with Crippen LogP contribution in [0.4, 0.5) is 0 Å². The predicted molar refractivity (Wildman–Crippen MR) is 102 cm³/mol. The normalized spacial score (nSPS) is 19.6. The van der Waals surface area contributed by atoms with E-state index in [0.717, 1.165) is 23.7 Å². The number of aromatic nitrogens is 1. The zero-order valence-electron chi connectivity index (χ0n) is 13.5. The van der Waals surface area contributed by atoms with Gasteiger partial charge >= 0.3 is 0 Å². The molecule has 2 heterocycles. The average Bonchev–Trinajstić information content (AvgIpc) is 2.50. The van der Waals surface area contributed by atoms with Crippen molar-refractivity contribution in [3.05, 3.63) is 36.7 Å². The summed E-state index contributed by atoms with van der Waals surface area (Å²) >= 11 is 0. The fourth-order valence-corrected chi connectivity index (χ4v) is 4.39. The Bertz CT molecular complexity index is 771. The Hall–Kier alpha value is -0.920. The third-order valence-corrected chi connectivity index (χ3v) is 5.98. The highest BCUT2D eigenvalue weighted by Gasteiger charge is 2.26. The Balaban J connectivity index is 0.00000144. The van der Waals surface area contributed by atoms with Crippen molar-refractivity contribution in [1.29, 1.82) is 0 Å². The van der Waals surface area contributed by atoms with Gasteiger partial charge < -0.3 is 5.32 Å². The van der Waals surface area contributed by atoms with Gasteiger partial charge in [-0.3, -0.25) is 4.98 Å². The van der Waals surface area contributed by atoms with Gasteiger partial charge in [-0.2, -0.15) is 4.31 Å². The van der Waals surface area contributed by atoms with Crippen molar-refractivity contribution in [3.63, 3.8) is 0 Å². The molecule has 1 aliphatic rings. The SMILES string of the molecule is C[C@@H]1CCNCCN(S(=O)(=O)c2ccc3cnccc3c2)C1.Cl.Cl. The summed E-state index contributed by atoms with van der Waals surface area (Å²) in [6, 6.07) is 7.08. The number of rotatable bonds is 2. The van der Waals surface area contributed by atoms with E-state index in [1.807, 2.05) is 12.1 Å². The molecule has 1 saturated heterocycles. The molecule has 2 aromatic rings. The molecule has 134 valence electrons. The molecule has 0 bridgehead atoms. The van der Waals surface area contributed by atoms with Crippen LogP contribution in [-0.4, -0.2) is 43.9 Å². The Morgan fingerprint density at radius 2 is 1.96 bits per heavy atom. The first-order valence-corrected chi connectivity index (χ1v) is 9.06. The van der Waals surface area contributed by atoms with Crippen molar-refractivity contribution < 1.29 is 8.42 Å². The minimum absolute atomic E-state index is 0. The lowest BCUT2D eigenvalue weighted by atomic mass is 10.1. The second kappa shape index (κ2) is 8.97. The van der Waals surface area contributed by atoms with E-state index >= 15 is 0 Å². The molecule has 0 amide bonds. The minimum Gasteiger partial charge on any atom is -0.315 e. The second-order valence-corrected chi connectivity index (χ2v) is 7.83. The van der Waals surface area contributed by atoms with E-state index < -0.39 is 10.0 Å². The van der Waals surface area contributed by atoms with E-state index in [9.17, 15) is 8.42 Å². The van der Waals surface area contributed by atoms with Crippen LogP contribution in [0.15, 0.2) is 41.6 Å². The van der Waals surface area contributed by atoms with Crippen molar-refractivity contribution >= 4 is 45.6 Å². The maximum Gasteiger partial charge on any atom is 0.243 e. The molecule has 1 atom stereocenters. The van der Waals surface area contributed by atoms with Crippen molar-refractivity contribution in [2.24, 2.45) is 5.92 Å². The number of benzene rings is 1. The molecular formula is C16H23Cl2N3O2S. The molecule has 24 heavy (non-hydrogen) atoms. The Morgan fingerprint density at radius 3 is 2.75 bits per heavy atom. The van der Waals surface area contributed by atoms with Crippen LogP contribution in [0.5, 0.6) is 0 Å². The molecule has 1 N–H and O–H groups in total. The van der Waals surface area contributed by atoms with E-state index in [-0.39, 0.29) is 24.8 Å². The van der Waals surface area contributed by atoms with Gasteiger partial charge in [0.25, 0.3) is 0 Å². The lowest BCUT2D eigenvalue weighted by Gasteiger charge is -2.28. The molecule has 0 radical (unpaired) electrons. The topological polar surface area (TPSA) is 62.3 Å². The van der Waals surface area contributed by atoms with Gasteiger partial charge in [0.05, 0.1) is 4.90 Å². The van der Waals surface area contributed by atoms with E-state index in [1.165, 1.54) is 0 Å². The van der Waals surface area contributed by atoms with E-state index in [2.05, 4.69) is 17.2 Å². The zero-order valence-corrected chi connectivity index (χ0v) is 16.0. The molecule has 1 aromatic heterocycles. The maximum absolute atomic E-state index is 12.9. The highest BCUT2D eigenvalue weighted by Crippen LogP contribution is 2.22. The number of nitrogens with one attached hydrogen (secondary N) is 1. The molecule has 1 aromatic carbocycles. The summed E-state index contributed by atoms with van der Waals surface area (Å²) in [6.45, 7) is 4.85. The van der Waals surface area contributed by atoms with Crippen molar-refractivity contribution in [2.45, 2.75) is 18.2 Å². The lowest BCUT2D eigenvalue weighted by molar-refractivity contribution is 0.316. The minimum atomic E-state index is -3.45. The molecule has 8 heteroatoms. The summed E-state index contributed by atoms with van der Waals surface area (Å²) in [7, 11) is -3.45. The van der Waals surface area contributed by atoms with Gasteiger partial charge in [0.2, 0.25) is 10.0 Å². The van der Waals surface area contributed by atoms with E-state index in [0.29, 0.717) is 30.4 Å². The number of hydrogen-bond acceptors (Lipinski definition) is 4. The average molecular weight is 392 g/mol. The highest BCUT2D eigenvalue weighted by molar-refractivity contribution is 7.89. The van der Waals surface area contributed by atoms with Gasteiger partial charge in [-0.25, -0.2) is 8.42 Å². The Kier molecular flexibility index (Phi) is 7.89. The van der Waals surface area contributed by atoms with Gasteiger partial charge in [-0.15, -0.1) is 24.8 Å². The standard InChI is InChI=1S/C16H21N3O2S.2ClH/c1-13-4-6-17-8-9-19(12-13)22(20,21)16-3-2-15-11-18-7-5-14(15)10-16;;/h2-3,5,7,10-11,13,17H,4,6,8-9,12H2,1H3;2*1H/t13-;;/m1../s1. The first-order valence-electron chi connectivity index (χ1n) is 7.62. The van der Waals surface area contributed by atoms with Crippen LogP contribution in [0.2, 0.25) is 0 Å². The molecule has 5 nitrogen and oxygen atoms in total. The van der Waals surface area contributed by atoms with E-state index in [1.54, 1.807) is 28.8 Å². The summed E-state index contributed by atoms with van der Waals surface area (Å²) in [4.78, 5) is 4.42. The molecule has 1 aliphatic heterocycles. The number of sulfonamides is 1. The molecule has 0 saturated carbocycles. The molecular weight excluding hydrogens is 369 g/mol. The van der Waals surface area contributed by atoms with Crippen LogP contribution >= 0.6 is 24.8 Å². The monoisotopic (exact) mass is 391 g/mol. The number of pyridine rings is 1. The molecule has 0 aliphatic carbocycles. The van der Waals surface area contributed by atoms with Crippen molar-refractivity contribution in [3.8, 4) is 0 Å². The summed E-state index contributed by atoms with van der Waals surface area (Å²) in [5, 5.41) is 5.13. The summed E-state index contributed by atoms with van der Waals surface area (Å²) in [5.74, 6) is 0.354. The first-order chi connectivity index (χ1) is 10.6. The Morgan fingerprint density at radius 1 is 1.17 bits per heavy atom. The zero-order chi connectivity index (χ0) is 15.6. The highest BCUT2D eigenvalue weighted by atomic mass is 35.5. The van der Waals surface area contributed by atoms with Gasteiger partial charge in [-0.05, 0) is 42.5 Å². The summed E-state index contributed by atoms with van der Waals surface area (Å²) in [6.07, 6.45) is 4.42. The second-order valence-electron chi connectivity index (χ2n) is 5.89. The lowest BCUT2D eigenvalue weighted by Crippen LogP contribution is -2.42. The van der Waals surface area contributed by atoms with Crippen LogP contribution < -0.4 is 5.32 Å². The number of fused-ring (bicyclic) bond motifs is 1. The quantitative estimate of drug-likeness (QED) is 0.854. The number of hydrogen-bond donors (Lipinski definition) is 1. The third-order valence-electron chi connectivity index (χ3n) is 4.12. The van der Waals surface area contributed by atoms with Crippen LogP contribution in [0.3, 0.4) is 0 Å². The summed E-state index contributed by atoms with van der Waals surface area (Å²) in [5.41, 5.74) is 0. The van der Waals surface area contributed by atoms with Crippen LogP contribution in [0, 0.1) is 5.92 Å². The summed E-state index contributed by atoms with van der Waals surface area (Å²) < 4.78 is 27.5. The predicted octanol–water partition coefficient (Wildman–Crippen LogP) is 2.70. The largest absolute Gasteiger partial charge is 0.315 e. The maximum atomic E-state index is 12.9. The molecule has 0 spiro atoms. The molecule has 0 unspecified atom stereocenters. The van der Waals surface area contributed by atoms with E-state index in [4.69, 9.17) is 0 Å². The van der Waals surface area contributed by atoms with Gasteiger partial charge in [0.15, 0.2) is 0 Å². The molecule has 3 rings (SSSR count). The smallest absolute Gasteiger partial charge is 0.243 e. The Labute approximate surface area is 155 Å². The third kappa shape index (κ3) is 4.58. The fourth-order valence-electron chi connectivity index (χ4n) is 2.80. The van der Waals surface area contributed by atoms with Crippen LogP contribution in [0.1, 0.15) is 13.3 Å². The number of nitrogens with zero attached hydrogens (tertiary/aromatic N) is 2. The number of halogens is 2. The van der Waals surface area contributed by atoms with Gasteiger partial charge in [0, 0.05) is 37.4 Å². The molecule has 1 fully saturated rings. The van der Waals surface area contributed by atoms with Crippen LogP contribution in [-0.2, 0) is 10.0 Å². The van der Waals surface area contributed by atoms with Crippen molar-refractivity contribution in [1.82, 2.24) is 14.6 Å². The van der Waals surface area contributed by atoms with Gasteiger partial charge in [-0.1, -0.05) is 13.0 Å². The van der Waals surface area contributed by atoms with Crippen LogP contribution in [0.25, 0.3) is 10.8 Å².